The standard InChI is InChI=1S/C25H20N4O4.C2HF3O2/c26-22(17-9-5-2-6-10-17)25(32)33-19-12-11-18(27-15-19)14-21-24(31)28-20(23(30)29-21)13-16-7-3-1-4-8-16;3-2(4,5)1(6)7/h1-15,22H,26H2,(H,28,31)(H,29,30);(H,6,7)/b20-13-,21-14-;. The highest BCUT2D eigenvalue weighted by molar-refractivity contribution is 5.79. The molecule has 0 fully saturated rings. The van der Waals surface area contributed by atoms with Crippen LogP contribution in [0, 0.1) is 0 Å². The van der Waals surface area contributed by atoms with Gasteiger partial charge in [0, 0.05) is 0 Å². The monoisotopic (exact) mass is 554 g/mol. The van der Waals surface area contributed by atoms with E-state index < -0.39 is 35.3 Å². The fourth-order valence-corrected chi connectivity index (χ4v) is 3.07. The molecule has 40 heavy (non-hydrogen) atoms. The van der Waals surface area contributed by atoms with Gasteiger partial charge in [0.05, 0.1) is 11.9 Å². The summed E-state index contributed by atoms with van der Waals surface area (Å²) in [4.78, 5) is 55.3. The van der Waals surface area contributed by atoms with E-state index in [1.54, 1.807) is 36.4 Å². The first-order chi connectivity index (χ1) is 18.9. The quantitative estimate of drug-likeness (QED) is 0.268. The van der Waals surface area contributed by atoms with Gasteiger partial charge in [0.15, 0.2) is 0 Å². The van der Waals surface area contributed by atoms with Crippen LogP contribution in [-0.4, -0.2) is 38.2 Å². The summed E-state index contributed by atoms with van der Waals surface area (Å²) in [6.07, 6.45) is -0.731. The number of aromatic amines is 2. The molecule has 0 amide bonds. The zero-order chi connectivity index (χ0) is 29.3. The molecular weight excluding hydrogens is 533 g/mol. The zero-order valence-electron chi connectivity index (χ0n) is 20.4. The van der Waals surface area contributed by atoms with E-state index in [1.165, 1.54) is 18.3 Å². The van der Waals surface area contributed by atoms with Crippen molar-refractivity contribution in [2.75, 3.05) is 0 Å². The number of H-pyrrole nitrogens is 2. The molecule has 0 aliphatic carbocycles. The maximum absolute atomic E-state index is 12.4. The molecule has 206 valence electrons. The molecule has 4 rings (SSSR count). The number of benzene rings is 2. The van der Waals surface area contributed by atoms with Crippen LogP contribution in [0.5, 0.6) is 5.75 Å². The number of carboxylic acid groups (broad SMARTS) is 1. The number of pyridine rings is 1. The Hall–Kier alpha value is -5.30. The van der Waals surface area contributed by atoms with Gasteiger partial charge in [-0.2, -0.15) is 13.2 Å². The number of alkyl halides is 3. The second kappa shape index (κ2) is 13.0. The van der Waals surface area contributed by atoms with Gasteiger partial charge in [-0.25, -0.2) is 9.59 Å². The number of rotatable bonds is 5. The summed E-state index contributed by atoms with van der Waals surface area (Å²) < 4.78 is 37.0. The molecule has 2 heterocycles. The molecule has 0 saturated heterocycles. The molecule has 0 aliphatic heterocycles. The van der Waals surface area contributed by atoms with E-state index in [0.29, 0.717) is 11.3 Å². The Morgan fingerprint density at radius 2 is 1.40 bits per heavy atom. The van der Waals surface area contributed by atoms with Crippen LogP contribution in [0.25, 0.3) is 12.2 Å². The van der Waals surface area contributed by atoms with Crippen LogP contribution in [0.15, 0.2) is 88.6 Å². The number of carbonyl (C=O) groups is 2. The normalized spacial score (nSPS) is 12.7. The van der Waals surface area contributed by atoms with Crippen molar-refractivity contribution in [2.45, 2.75) is 12.2 Å². The maximum atomic E-state index is 12.4. The molecular formula is C27H21F3N4O6. The number of hydrogen-bond donors (Lipinski definition) is 4. The predicted octanol–water partition coefficient (Wildman–Crippen LogP) is 1.35. The van der Waals surface area contributed by atoms with E-state index in [-0.39, 0.29) is 16.4 Å². The van der Waals surface area contributed by atoms with E-state index in [1.807, 2.05) is 36.4 Å². The fourth-order valence-electron chi connectivity index (χ4n) is 3.07. The summed E-state index contributed by atoms with van der Waals surface area (Å²) in [6, 6.07) is 20.2. The maximum Gasteiger partial charge on any atom is 0.490 e. The van der Waals surface area contributed by atoms with Crippen molar-refractivity contribution in [3.63, 3.8) is 0 Å². The summed E-state index contributed by atoms with van der Waals surface area (Å²) in [6.45, 7) is 0. The molecule has 10 nitrogen and oxygen atoms in total. The molecule has 0 bridgehead atoms. The molecule has 0 spiro atoms. The number of carbonyl (C=O) groups excluding carboxylic acids is 1. The highest BCUT2D eigenvalue weighted by Gasteiger charge is 2.38. The third-order valence-corrected chi connectivity index (χ3v) is 5.02. The lowest BCUT2D eigenvalue weighted by Gasteiger charge is -2.11. The Bertz CT molecular complexity index is 1700. The molecule has 1 atom stereocenters. The number of carboxylic acids is 1. The summed E-state index contributed by atoms with van der Waals surface area (Å²) >= 11 is 0. The minimum atomic E-state index is -5.08. The summed E-state index contributed by atoms with van der Waals surface area (Å²) in [5, 5.41) is 7.32. The highest BCUT2D eigenvalue weighted by Crippen LogP contribution is 2.16. The Labute approximate surface area is 222 Å². The number of hydrogen-bond acceptors (Lipinski definition) is 7. The topological polar surface area (TPSA) is 168 Å². The SMILES string of the molecule is NC(C(=O)Oc1ccc(/C=c2\[nH]c(=O)/c(=C/c3ccccc3)[nH]c2=O)nc1)c1ccccc1.O=C(O)C(F)(F)F. The number of nitrogens with one attached hydrogen (secondary N) is 2. The van der Waals surface area contributed by atoms with E-state index >= 15 is 0 Å². The minimum absolute atomic E-state index is 0.0496. The lowest BCUT2D eigenvalue weighted by molar-refractivity contribution is -0.192. The first-order valence-corrected chi connectivity index (χ1v) is 11.3. The van der Waals surface area contributed by atoms with Crippen LogP contribution in [0.1, 0.15) is 22.9 Å². The third kappa shape index (κ3) is 8.36. The van der Waals surface area contributed by atoms with Crippen molar-refractivity contribution in [3.05, 3.63) is 127 Å². The Kier molecular flexibility index (Phi) is 9.49. The van der Waals surface area contributed by atoms with Gasteiger partial charge in [0.25, 0.3) is 11.1 Å². The number of aromatic nitrogens is 3. The van der Waals surface area contributed by atoms with Crippen LogP contribution in [0.4, 0.5) is 13.2 Å². The van der Waals surface area contributed by atoms with Crippen LogP contribution >= 0.6 is 0 Å². The van der Waals surface area contributed by atoms with Gasteiger partial charge in [-0.3, -0.25) is 14.6 Å². The molecule has 0 aliphatic rings. The van der Waals surface area contributed by atoms with Crippen molar-refractivity contribution >= 4 is 24.1 Å². The number of ether oxygens (including phenoxy) is 1. The van der Waals surface area contributed by atoms with E-state index in [0.717, 1.165) is 5.56 Å². The minimum Gasteiger partial charge on any atom is -0.475 e. The number of nitrogens with two attached hydrogens (primary N) is 1. The van der Waals surface area contributed by atoms with Crippen molar-refractivity contribution in [1.29, 1.82) is 0 Å². The van der Waals surface area contributed by atoms with Gasteiger partial charge in [-0.15, -0.1) is 0 Å². The molecule has 1 unspecified atom stereocenters. The van der Waals surface area contributed by atoms with Gasteiger partial charge in [-0.05, 0) is 35.4 Å². The van der Waals surface area contributed by atoms with Crippen molar-refractivity contribution in [2.24, 2.45) is 5.73 Å². The van der Waals surface area contributed by atoms with Gasteiger partial charge in [0.2, 0.25) is 0 Å². The van der Waals surface area contributed by atoms with Gasteiger partial charge in [-0.1, -0.05) is 60.7 Å². The van der Waals surface area contributed by atoms with Crippen molar-refractivity contribution in [3.8, 4) is 5.75 Å². The van der Waals surface area contributed by atoms with E-state index in [4.69, 9.17) is 20.4 Å². The second-order valence-corrected chi connectivity index (χ2v) is 7.97. The Morgan fingerprint density at radius 3 is 1.90 bits per heavy atom. The number of nitrogens with zero attached hydrogens (tertiary/aromatic N) is 1. The average molecular weight is 554 g/mol. The molecule has 0 saturated carbocycles. The molecule has 13 heteroatoms. The lowest BCUT2D eigenvalue weighted by Crippen LogP contribution is -2.46. The molecule has 2 aromatic heterocycles. The molecule has 5 N–H and O–H groups in total. The van der Waals surface area contributed by atoms with E-state index in [2.05, 4.69) is 15.0 Å². The summed E-state index contributed by atoms with van der Waals surface area (Å²) in [5.41, 5.74) is 6.84. The first-order valence-electron chi connectivity index (χ1n) is 11.3. The summed E-state index contributed by atoms with van der Waals surface area (Å²) in [5.74, 6) is -3.17. The third-order valence-electron chi connectivity index (χ3n) is 5.02. The van der Waals surface area contributed by atoms with Crippen molar-refractivity contribution in [1.82, 2.24) is 15.0 Å². The Balaban J connectivity index is 0.000000559. The van der Waals surface area contributed by atoms with Crippen LogP contribution in [0.2, 0.25) is 0 Å². The summed E-state index contributed by atoms with van der Waals surface area (Å²) in [7, 11) is 0. The second-order valence-electron chi connectivity index (χ2n) is 7.97. The zero-order valence-corrected chi connectivity index (χ0v) is 20.4. The van der Waals surface area contributed by atoms with Gasteiger partial charge < -0.3 is 25.5 Å². The van der Waals surface area contributed by atoms with E-state index in [9.17, 15) is 27.6 Å². The lowest BCUT2D eigenvalue weighted by atomic mass is 10.1. The molecule has 0 radical (unpaired) electrons. The molecule has 4 aromatic rings. The smallest absolute Gasteiger partial charge is 0.475 e. The van der Waals surface area contributed by atoms with Gasteiger partial charge >= 0.3 is 18.1 Å². The predicted molar refractivity (Wildman–Crippen MR) is 137 cm³/mol. The first kappa shape index (κ1) is 29.3. The van der Waals surface area contributed by atoms with Crippen LogP contribution in [-0.2, 0) is 9.59 Å². The number of aliphatic carboxylic acids is 1. The highest BCUT2D eigenvalue weighted by atomic mass is 19.4. The molecule has 2 aromatic carbocycles. The Morgan fingerprint density at radius 1 is 0.875 bits per heavy atom. The average Bonchev–Trinajstić information content (AvgIpc) is 2.93. The van der Waals surface area contributed by atoms with Crippen LogP contribution < -0.4 is 32.3 Å². The van der Waals surface area contributed by atoms with Crippen molar-refractivity contribution < 1.29 is 32.6 Å². The van der Waals surface area contributed by atoms with Crippen LogP contribution in [0.3, 0.4) is 0 Å². The number of halogens is 3. The largest absolute Gasteiger partial charge is 0.490 e. The fraction of sp³-hybridized carbons (Fsp3) is 0.0741. The van der Waals surface area contributed by atoms with Gasteiger partial charge in [0.1, 0.15) is 22.5 Å². The number of esters is 1.